The first kappa shape index (κ1) is 32.9. The zero-order valence-corrected chi connectivity index (χ0v) is 23.1. The number of amides is 3. The van der Waals surface area contributed by atoms with Gasteiger partial charge in [-0.1, -0.05) is 40.7 Å². The largest absolute Gasteiger partial charge is 0.481 e. The average molecular weight is 514 g/mol. The van der Waals surface area contributed by atoms with Crippen molar-refractivity contribution in [3.8, 4) is 0 Å². The topological polar surface area (TPSA) is 162 Å². The molecule has 0 aromatic carbocycles. The van der Waals surface area contributed by atoms with Crippen LogP contribution >= 0.6 is 0 Å². The number of aliphatic carboxylic acids is 2. The number of nitrogens with zero attached hydrogens (tertiary/aromatic N) is 1. The Balaban J connectivity index is 5.83. The summed E-state index contributed by atoms with van der Waals surface area (Å²) >= 11 is 0. The lowest BCUT2D eigenvalue weighted by atomic mass is 9.85. The summed E-state index contributed by atoms with van der Waals surface area (Å²) < 4.78 is 5.32. The molecule has 0 fully saturated rings. The summed E-state index contributed by atoms with van der Waals surface area (Å²) in [6, 6.07) is -2.85. The van der Waals surface area contributed by atoms with E-state index < -0.39 is 59.5 Å². The van der Waals surface area contributed by atoms with E-state index in [-0.39, 0.29) is 23.8 Å². The fraction of sp³-hybridized carbons (Fsp3) is 0.720. The van der Waals surface area contributed by atoms with Gasteiger partial charge in [-0.05, 0) is 45.4 Å². The van der Waals surface area contributed by atoms with Gasteiger partial charge in [0.25, 0.3) is 0 Å². The van der Waals surface area contributed by atoms with Crippen LogP contribution < -0.4 is 10.6 Å². The molecule has 0 saturated carbocycles. The van der Waals surface area contributed by atoms with Crippen LogP contribution in [0.15, 0.2) is 11.6 Å². The lowest BCUT2D eigenvalue weighted by Crippen LogP contribution is -2.57. The zero-order chi connectivity index (χ0) is 28.6. The van der Waals surface area contributed by atoms with Gasteiger partial charge in [0.15, 0.2) is 0 Å². The van der Waals surface area contributed by atoms with Gasteiger partial charge in [-0.3, -0.25) is 14.4 Å². The minimum Gasteiger partial charge on any atom is -0.481 e. The van der Waals surface area contributed by atoms with Crippen LogP contribution in [0.3, 0.4) is 0 Å². The third-order valence-electron chi connectivity index (χ3n) is 5.28. The molecule has 36 heavy (non-hydrogen) atoms. The standard InChI is InChI=1S/C25H43N3O8/c1-14(2)17(13-15(3)20(31)26-16(22(33)34)11-12-18(29)30)28(10)21(32)19(24(4,5)6)27-23(35)36-25(7,8)9/h13-14,16-17,19H,11-12H2,1-10H3,(H,26,31)(H,27,35)(H,29,30)(H,33,34)/b15-13+. The van der Waals surface area contributed by atoms with Crippen LogP contribution in [0.2, 0.25) is 0 Å². The van der Waals surface area contributed by atoms with Crippen LogP contribution in [0.5, 0.6) is 0 Å². The minimum absolute atomic E-state index is 0.133. The molecule has 11 heteroatoms. The number of rotatable bonds is 11. The van der Waals surface area contributed by atoms with Crippen molar-refractivity contribution in [2.45, 2.75) is 98.9 Å². The van der Waals surface area contributed by atoms with E-state index in [0.29, 0.717) is 0 Å². The first-order valence-electron chi connectivity index (χ1n) is 11.9. The number of carboxylic acid groups (broad SMARTS) is 2. The molecule has 0 radical (unpaired) electrons. The van der Waals surface area contributed by atoms with Gasteiger partial charge in [-0.15, -0.1) is 0 Å². The zero-order valence-electron chi connectivity index (χ0n) is 23.1. The summed E-state index contributed by atoms with van der Waals surface area (Å²) in [7, 11) is 1.57. The highest BCUT2D eigenvalue weighted by Gasteiger charge is 2.38. The van der Waals surface area contributed by atoms with Gasteiger partial charge >= 0.3 is 18.0 Å². The van der Waals surface area contributed by atoms with Crippen molar-refractivity contribution >= 4 is 29.8 Å². The smallest absolute Gasteiger partial charge is 0.408 e. The van der Waals surface area contributed by atoms with Gasteiger partial charge in [-0.25, -0.2) is 9.59 Å². The van der Waals surface area contributed by atoms with Crippen molar-refractivity contribution in [2.75, 3.05) is 7.05 Å². The Morgan fingerprint density at radius 3 is 1.89 bits per heavy atom. The highest BCUT2D eigenvalue weighted by atomic mass is 16.6. The first-order chi connectivity index (χ1) is 16.2. The summed E-state index contributed by atoms with van der Waals surface area (Å²) in [6.45, 7) is 15.8. The van der Waals surface area contributed by atoms with E-state index in [1.165, 1.54) is 11.8 Å². The monoisotopic (exact) mass is 513 g/mol. The van der Waals surface area contributed by atoms with Gasteiger partial charge in [0, 0.05) is 19.0 Å². The van der Waals surface area contributed by atoms with Crippen molar-refractivity contribution < 1.29 is 38.9 Å². The van der Waals surface area contributed by atoms with Crippen LogP contribution in [0.1, 0.15) is 75.2 Å². The quantitative estimate of drug-likeness (QED) is 0.307. The molecule has 3 unspecified atom stereocenters. The summed E-state index contributed by atoms with van der Waals surface area (Å²) in [6.07, 6.45) is 0.156. The number of carbonyl (C=O) groups is 5. The summed E-state index contributed by atoms with van der Waals surface area (Å²) in [5, 5.41) is 23.1. The number of carbonyl (C=O) groups excluding carboxylic acids is 3. The Bertz CT molecular complexity index is 852. The minimum atomic E-state index is -1.36. The second-order valence-electron chi connectivity index (χ2n) is 11.3. The summed E-state index contributed by atoms with van der Waals surface area (Å²) in [5.74, 6) is -3.71. The fourth-order valence-corrected chi connectivity index (χ4v) is 3.31. The number of nitrogens with one attached hydrogen (secondary N) is 2. The third-order valence-corrected chi connectivity index (χ3v) is 5.28. The normalized spacial score (nSPS) is 14.9. The number of hydrogen-bond acceptors (Lipinski definition) is 6. The Labute approximate surface area is 213 Å². The maximum Gasteiger partial charge on any atom is 0.408 e. The van der Waals surface area contributed by atoms with E-state index in [0.717, 1.165) is 0 Å². The Morgan fingerprint density at radius 2 is 1.50 bits per heavy atom. The molecule has 0 heterocycles. The van der Waals surface area contributed by atoms with E-state index in [1.807, 2.05) is 34.6 Å². The van der Waals surface area contributed by atoms with Crippen LogP contribution in [0.25, 0.3) is 0 Å². The maximum atomic E-state index is 13.5. The second kappa shape index (κ2) is 13.3. The molecule has 3 atom stereocenters. The summed E-state index contributed by atoms with van der Waals surface area (Å²) in [5.41, 5.74) is -1.23. The Kier molecular flexibility index (Phi) is 12.1. The number of alkyl carbamates (subject to hydrolysis) is 1. The summed E-state index contributed by atoms with van der Waals surface area (Å²) in [4.78, 5) is 62.2. The first-order valence-corrected chi connectivity index (χ1v) is 11.9. The van der Waals surface area contributed by atoms with Crippen molar-refractivity contribution in [3.63, 3.8) is 0 Å². The Hall–Kier alpha value is -3.11. The van der Waals surface area contributed by atoms with Gasteiger partial charge in [0.05, 0.1) is 6.04 Å². The van der Waals surface area contributed by atoms with E-state index in [1.54, 1.807) is 33.9 Å². The number of carboxylic acids is 2. The van der Waals surface area contributed by atoms with Crippen LogP contribution in [-0.4, -0.2) is 75.7 Å². The van der Waals surface area contributed by atoms with E-state index in [2.05, 4.69) is 10.6 Å². The number of hydrogen-bond donors (Lipinski definition) is 4. The molecule has 0 aromatic heterocycles. The van der Waals surface area contributed by atoms with E-state index in [4.69, 9.17) is 9.84 Å². The highest BCUT2D eigenvalue weighted by molar-refractivity contribution is 5.95. The van der Waals surface area contributed by atoms with Crippen molar-refractivity contribution in [1.82, 2.24) is 15.5 Å². The van der Waals surface area contributed by atoms with E-state index >= 15 is 0 Å². The van der Waals surface area contributed by atoms with Crippen molar-refractivity contribution in [1.29, 1.82) is 0 Å². The predicted octanol–water partition coefficient (Wildman–Crippen LogP) is 2.79. The van der Waals surface area contributed by atoms with Gasteiger partial charge in [-0.2, -0.15) is 0 Å². The molecular formula is C25H43N3O8. The second-order valence-corrected chi connectivity index (χ2v) is 11.3. The molecule has 4 N–H and O–H groups in total. The predicted molar refractivity (Wildman–Crippen MR) is 134 cm³/mol. The molecule has 206 valence electrons. The van der Waals surface area contributed by atoms with E-state index in [9.17, 15) is 29.1 Å². The molecule has 0 rings (SSSR count). The lowest BCUT2D eigenvalue weighted by molar-refractivity contribution is -0.142. The molecule has 0 aliphatic carbocycles. The van der Waals surface area contributed by atoms with Gasteiger partial charge < -0.3 is 30.5 Å². The van der Waals surface area contributed by atoms with Crippen LogP contribution in [-0.2, 0) is 23.9 Å². The van der Waals surface area contributed by atoms with Crippen molar-refractivity contribution in [3.05, 3.63) is 11.6 Å². The van der Waals surface area contributed by atoms with Crippen LogP contribution in [0, 0.1) is 11.3 Å². The van der Waals surface area contributed by atoms with Crippen LogP contribution in [0.4, 0.5) is 4.79 Å². The van der Waals surface area contributed by atoms with Gasteiger partial charge in [0.2, 0.25) is 11.8 Å². The lowest BCUT2D eigenvalue weighted by Gasteiger charge is -2.37. The molecule has 0 aliphatic rings. The molecule has 0 bridgehead atoms. The highest BCUT2D eigenvalue weighted by Crippen LogP contribution is 2.24. The van der Waals surface area contributed by atoms with Gasteiger partial charge in [0.1, 0.15) is 17.7 Å². The molecule has 0 aromatic rings. The molecule has 0 aliphatic heterocycles. The van der Waals surface area contributed by atoms with Crippen molar-refractivity contribution in [2.24, 2.45) is 11.3 Å². The fourth-order valence-electron chi connectivity index (χ4n) is 3.31. The molecule has 0 saturated heterocycles. The molecular weight excluding hydrogens is 470 g/mol. The Morgan fingerprint density at radius 1 is 0.972 bits per heavy atom. The SMILES string of the molecule is C/C(=C\C(C(C)C)N(C)C(=O)C(NC(=O)OC(C)(C)C)C(C)(C)C)C(=O)NC(CCC(=O)O)C(=O)O. The molecule has 11 nitrogen and oxygen atoms in total. The average Bonchev–Trinajstić information content (AvgIpc) is 2.69. The number of likely N-dealkylation sites (N-methyl/N-ethyl adjacent to an activating group) is 1. The number of ether oxygens (including phenoxy) is 1. The third kappa shape index (κ3) is 11.5. The maximum absolute atomic E-state index is 13.5. The molecule has 0 spiro atoms. The molecule has 3 amide bonds.